The third kappa shape index (κ3) is 7.39. The molecule has 1 aromatic rings. The van der Waals surface area contributed by atoms with Gasteiger partial charge in [0.15, 0.2) is 16.6 Å². The number of hydrogen-bond donors (Lipinski definition) is 1. The molecular weight excluding hydrogens is 511 g/mol. The van der Waals surface area contributed by atoms with Crippen molar-refractivity contribution < 1.29 is 23.5 Å². The van der Waals surface area contributed by atoms with Crippen LogP contribution >= 0.6 is 0 Å². The van der Waals surface area contributed by atoms with Crippen LogP contribution in [0.4, 0.5) is 4.79 Å². The molecule has 0 aromatic heterocycles. The summed E-state index contributed by atoms with van der Waals surface area (Å²) in [5.74, 6) is -0.561. The van der Waals surface area contributed by atoms with E-state index in [1.54, 1.807) is 6.08 Å². The van der Waals surface area contributed by atoms with Gasteiger partial charge in [0.25, 0.3) is 0 Å². The standard InChI is InChI=1S/C30H53NO5Si2/c1-14-23(24(36-38(12,13)29(5,6)7)21-34-37(10,11)28(2,3)4)26(32)31-25(30(8,9)35-27(31)33)20-22-18-16-15-17-19-22/h14-19,23-26,32H,1,20-21H2,2-13H3/t23-,24+,25-,26?/m0/s1. The summed E-state index contributed by atoms with van der Waals surface area (Å²) < 4.78 is 19.3. The molecule has 1 aliphatic heterocycles. The van der Waals surface area contributed by atoms with Gasteiger partial charge in [0.2, 0.25) is 0 Å². The minimum Gasteiger partial charge on any atom is -0.441 e. The molecule has 6 nitrogen and oxygen atoms in total. The second-order valence-electron chi connectivity index (χ2n) is 14.3. The van der Waals surface area contributed by atoms with Crippen molar-refractivity contribution >= 4 is 22.7 Å². The third-order valence-electron chi connectivity index (χ3n) is 8.97. The number of carbonyl (C=O) groups excluding carboxylic acids is 1. The number of aliphatic hydroxyl groups excluding tert-OH is 1. The fraction of sp³-hybridized carbons (Fsp3) is 0.700. The van der Waals surface area contributed by atoms with E-state index in [-0.39, 0.29) is 16.1 Å². The number of benzene rings is 1. The Balaban J connectivity index is 2.45. The molecular formula is C30H53NO5Si2. The summed E-state index contributed by atoms with van der Waals surface area (Å²) in [5.41, 5.74) is 0.305. The van der Waals surface area contributed by atoms with Crippen LogP contribution in [0.1, 0.15) is 61.0 Å². The van der Waals surface area contributed by atoms with Crippen LogP contribution in [0.2, 0.25) is 36.3 Å². The van der Waals surface area contributed by atoms with Crippen molar-refractivity contribution in [2.24, 2.45) is 5.92 Å². The number of nitrogens with zero attached hydrogens (tertiary/aromatic N) is 1. The first-order valence-electron chi connectivity index (χ1n) is 13.8. The summed E-state index contributed by atoms with van der Waals surface area (Å²) in [7, 11) is -4.36. The number of amides is 1. The van der Waals surface area contributed by atoms with Gasteiger partial charge in [-0.3, -0.25) is 4.90 Å². The molecule has 0 saturated carbocycles. The maximum atomic E-state index is 13.2. The Kier molecular flexibility index (Phi) is 9.97. The minimum absolute atomic E-state index is 0.0282. The summed E-state index contributed by atoms with van der Waals surface area (Å²) >= 11 is 0. The maximum Gasteiger partial charge on any atom is 0.412 e. The zero-order valence-corrected chi connectivity index (χ0v) is 27.9. The zero-order chi connectivity index (χ0) is 29.3. The lowest BCUT2D eigenvalue weighted by atomic mass is 9.90. The van der Waals surface area contributed by atoms with Gasteiger partial charge in [-0.05, 0) is 62.1 Å². The van der Waals surface area contributed by atoms with Gasteiger partial charge in [-0.15, -0.1) is 6.58 Å². The van der Waals surface area contributed by atoms with Crippen LogP contribution in [0.15, 0.2) is 43.0 Å². The van der Waals surface area contributed by atoms with Gasteiger partial charge in [-0.25, -0.2) is 4.79 Å². The SMILES string of the molecule is C=C[C@H](C(O)N1C(=O)OC(C)(C)[C@@H]1Cc1ccccc1)[C@@H](CO[Si](C)(C)C(C)(C)C)O[Si](C)(C)C(C)(C)C. The molecule has 1 fully saturated rings. The number of cyclic esters (lactones) is 1. The lowest BCUT2D eigenvalue weighted by molar-refractivity contribution is -0.0601. The van der Waals surface area contributed by atoms with E-state index in [4.69, 9.17) is 13.6 Å². The molecule has 1 heterocycles. The van der Waals surface area contributed by atoms with E-state index >= 15 is 0 Å². The molecule has 0 aliphatic carbocycles. The largest absolute Gasteiger partial charge is 0.441 e. The summed E-state index contributed by atoms with van der Waals surface area (Å²) in [4.78, 5) is 14.7. The normalized spacial score (nSPS) is 21.1. The zero-order valence-electron chi connectivity index (χ0n) is 25.9. The average molecular weight is 564 g/mol. The van der Waals surface area contributed by atoms with Crippen LogP contribution in [-0.4, -0.2) is 63.3 Å². The predicted octanol–water partition coefficient (Wildman–Crippen LogP) is 7.36. The van der Waals surface area contributed by atoms with E-state index in [2.05, 4.69) is 74.3 Å². The highest BCUT2D eigenvalue weighted by atomic mass is 28.4. The van der Waals surface area contributed by atoms with Crippen LogP contribution in [0.5, 0.6) is 0 Å². The quantitative estimate of drug-likeness (QED) is 0.225. The van der Waals surface area contributed by atoms with Crippen molar-refractivity contribution in [2.75, 3.05) is 6.61 Å². The van der Waals surface area contributed by atoms with E-state index in [1.165, 1.54) is 4.90 Å². The van der Waals surface area contributed by atoms with Crippen molar-refractivity contribution in [3.05, 3.63) is 48.6 Å². The number of carbonyl (C=O) groups is 1. The Bertz CT molecular complexity index is 950. The Morgan fingerprint density at radius 1 is 1.05 bits per heavy atom. The highest BCUT2D eigenvalue weighted by Gasteiger charge is 2.53. The first kappa shape index (κ1) is 32.8. The molecule has 0 radical (unpaired) electrons. The lowest BCUT2D eigenvalue weighted by Crippen LogP contribution is -2.56. The Morgan fingerprint density at radius 3 is 2.05 bits per heavy atom. The molecule has 1 N–H and O–H groups in total. The summed E-state index contributed by atoms with van der Waals surface area (Å²) in [6.07, 6.45) is 0.121. The fourth-order valence-electron chi connectivity index (χ4n) is 4.22. The highest BCUT2D eigenvalue weighted by Crippen LogP contribution is 2.41. The van der Waals surface area contributed by atoms with Crippen LogP contribution < -0.4 is 0 Å². The lowest BCUT2D eigenvalue weighted by Gasteiger charge is -2.45. The Morgan fingerprint density at radius 2 is 1.58 bits per heavy atom. The molecule has 0 spiro atoms. The summed E-state index contributed by atoms with van der Waals surface area (Å²) in [5, 5.41) is 11.9. The smallest absolute Gasteiger partial charge is 0.412 e. The van der Waals surface area contributed by atoms with E-state index in [1.807, 2.05) is 44.2 Å². The van der Waals surface area contributed by atoms with Gasteiger partial charge < -0.3 is 18.7 Å². The van der Waals surface area contributed by atoms with E-state index in [0.717, 1.165) is 5.56 Å². The average Bonchev–Trinajstić information content (AvgIpc) is 2.98. The van der Waals surface area contributed by atoms with Crippen LogP contribution in [0.3, 0.4) is 0 Å². The number of rotatable bonds is 11. The highest BCUT2D eigenvalue weighted by molar-refractivity contribution is 6.74. The summed E-state index contributed by atoms with van der Waals surface area (Å²) in [6.45, 7) is 30.2. The molecule has 2 rings (SSSR count). The van der Waals surface area contributed by atoms with Gasteiger partial charge in [-0.2, -0.15) is 0 Å². The van der Waals surface area contributed by atoms with Crippen LogP contribution in [0.25, 0.3) is 0 Å². The minimum atomic E-state index is -2.26. The Hall–Kier alpha value is -1.46. The fourth-order valence-corrected chi connectivity index (χ4v) is 6.57. The van der Waals surface area contributed by atoms with Crippen molar-refractivity contribution in [3.8, 4) is 0 Å². The van der Waals surface area contributed by atoms with Crippen LogP contribution in [-0.2, 0) is 20.0 Å². The molecule has 38 heavy (non-hydrogen) atoms. The van der Waals surface area contributed by atoms with Crippen molar-refractivity contribution in [3.63, 3.8) is 0 Å². The molecule has 1 amide bonds. The maximum absolute atomic E-state index is 13.2. The molecule has 1 saturated heterocycles. The van der Waals surface area contributed by atoms with Crippen molar-refractivity contribution in [2.45, 2.75) is 122 Å². The van der Waals surface area contributed by atoms with E-state index in [0.29, 0.717) is 13.0 Å². The molecule has 216 valence electrons. The van der Waals surface area contributed by atoms with E-state index < -0.39 is 46.6 Å². The third-order valence-corrected chi connectivity index (χ3v) is 18.0. The first-order chi connectivity index (χ1) is 17.1. The predicted molar refractivity (Wildman–Crippen MR) is 161 cm³/mol. The van der Waals surface area contributed by atoms with Crippen molar-refractivity contribution in [1.82, 2.24) is 4.90 Å². The second-order valence-corrected chi connectivity index (χ2v) is 23.9. The first-order valence-corrected chi connectivity index (χ1v) is 19.6. The Labute approximate surface area is 234 Å². The molecule has 8 heteroatoms. The molecule has 0 bridgehead atoms. The van der Waals surface area contributed by atoms with Gasteiger partial charge in [-0.1, -0.05) is 78.0 Å². The topological polar surface area (TPSA) is 68.2 Å². The molecule has 1 aromatic carbocycles. The van der Waals surface area contributed by atoms with Gasteiger partial charge in [0, 0.05) is 5.92 Å². The van der Waals surface area contributed by atoms with Crippen molar-refractivity contribution in [1.29, 1.82) is 0 Å². The van der Waals surface area contributed by atoms with Gasteiger partial charge in [0.05, 0.1) is 18.8 Å². The van der Waals surface area contributed by atoms with E-state index in [9.17, 15) is 9.90 Å². The molecule has 4 atom stereocenters. The molecule has 1 aliphatic rings. The van der Waals surface area contributed by atoms with Gasteiger partial charge >= 0.3 is 6.09 Å². The molecule has 1 unspecified atom stereocenters. The van der Waals surface area contributed by atoms with Gasteiger partial charge in [0.1, 0.15) is 11.8 Å². The monoisotopic (exact) mass is 563 g/mol. The summed E-state index contributed by atoms with van der Waals surface area (Å²) in [6, 6.07) is 9.64. The number of ether oxygens (including phenoxy) is 1. The number of aliphatic hydroxyl groups is 1. The second kappa shape index (κ2) is 11.6. The van der Waals surface area contributed by atoms with Crippen LogP contribution in [0, 0.1) is 5.92 Å². The number of hydrogen-bond acceptors (Lipinski definition) is 5.